The number of aromatic nitrogens is 1. The number of amides is 2. The number of hydrogen-bond acceptors (Lipinski definition) is 4. The average Bonchev–Trinajstić information content (AvgIpc) is 2.89. The molecule has 22 heavy (non-hydrogen) atoms. The number of anilines is 2. The summed E-state index contributed by atoms with van der Waals surface area (Å²) in [5.41, 5.74) is 0.513. The van der Waals surface area contributed by atoms with Gasteiger partial charge in [0.05, 0.1) is 6.61 Å². The third-order valence-electron chi connectivity index (χ3n) is 2.91. The third kappa shape index (κ3) is 4.25. The molecular formula is C16H25N3O3. The van der Waals surface area contributed by atoms with Gasteiger partial charge in [-0.3, -0.25) is 5.32 Å². The van der Waals surface area contributed by atoms with E-state index in [-0.39, 0.29) is 14.3 Å². The van der Waals surface area contributed by atoms with Crippen molar-refractivity contribution in [3.8, 4) is 5.75 Å². The van der Waals surface area contributed by atoms with E-state index < -0.39 is 0 Å². The smallest absolute Gasteiger partial charge is 0.324 e. The molecular weight excluding hydrogens is 282 g/mol. The largest absolute Gasteiger partial charge is 0.494 e. The molecule has 1 heterocycles. The van der Waals surface area contributed by atoms with Crippen molar-refractivity contribution in [3.05, 3.63) is 36.1 Å². The first-order valence-electron chi connectivity index (χ1n) is 7.16. The van der Waals surface area contributed by atoms with Gasteiger partial charge >= 0.3 is 6.03 Å². The van der Waals surface area contributed by atoms with Crippen LogP contribution in [0.1, 0.15) is 36.3 Å². The van der Waals surface area contributed by atoms with Crippen molar-refractivity contribution >= 4 is 17.5 Å². The zero-order valence-corrected chi connectivity index (χ0v) is 13.3. The number of benzene rings is 1. The normalized spacial score (nSPS) is 11.1. The Morgan fingerprint density at radius 2 is 1.95 bits per heavy atom. The van der Waals surface area contributed by atoms with Crippen LogP contribution in [-0.2, 0) is 5.41 Å². The number of rotatable bonds is 4. The highest BCUT2D eigenvalue weighted by molar-refractivity contribution is 5.99. The summed E-state index contributed by atoms with van der Waals surface area (Å²) in [5, 5.41) is 9.19. The van der Waals surface area contributed by atoms with Gasteiger partial charge in [0, 0.05) is 20.0 Å². The molecule has 6 heteroatoms. The number of hydrogen-bond donors (Lipinski definition) is 2. The predicted octanol–water partition coefficient (Wildman–Crippen LogP) is 4.51. The van der Waals surface area contributed by atoms with Crippen LogP contribution in [0.4, 0.5) is 16.3 Å². The van der Waals surface area contributed by atoms with Gasteiger partial charge < -0.3 is 14.6 Å². The van der Waals surface area contributed by atoms with Gasteiger partial charge in [-0.2, -0.15) is 0 Å². The summed E-state index contributed by atoms with van der Waals surface area (Å²) in [4.78, 5) is 11.9. The van der Waals surface area contributed by atoms with Gasteiger partial charge in [0.1, 0.15) is 11.5 Å². The number of ether oxygens (including phenoxy) is 1. The zero-order valence-electron chi connectivity index (χ0n) is 13.3. The number of nitrogens with zero attached hydrogens (tertiary/aromatic N) is 1. The van der Waals surface area contributed by atoms with E-state index in [2.05, 4.69) is 15.8 Å². The van der Waals surface area contributed by atoms with E-state index in [0.29, 0.717) is 23.9 Å². The lowest BCUT2D eigenvalue weighted by molar-refractivity contribution is 0.262. The van der Waals surface area contributed by atoms with E-state index in [0.717, 1.165) is 5.75 Å². The molecule has 0 atom stereocenters. The second-order valence-electron chi connectivity index (χ2n) is 5.86. The highest BCUT2D eigenvalue weighted by atomic mass is 16.5. The number of nitrogens with one attached hydrogen (secondary N) is 2. The Morgan fingerprint density at radius 1 is 1.27 bits per heavy atom. The molecule has 122 valence electrons. The molecule has 0 radical (unpaired) electrons. The fourth-order valence-corrected chi connectivity index (χ4v) is 1.77. The first kappa shape index (κ1) is 15.9. The quantitative estimate of drug-likeness (QED) is 0.871. The molecule has 0 saturated heterocycles. The van der Waals surface area contributed by atoms with E-state index in [4.69, 9.17) is 9.26 Å². The van der Waals surface area contributed by atoms with Gasteiger partial charge in [0.25, 0.3) is 0 Å². The summed E-state index contributed by atoms with van der Waals surface area (Å²) in [5.74, 6) is 1.86. The highest BCUT2D eigenvalue weighted by Gasteiger charge is 2.20. The summed E-state index contributed by atoms with van der Waals surface area (Å²) in [7, 11) is 0. The second kappa shape index (κ2) is 6.51. The van der Waals surface area contributed by atoms with Crippen molar-refractivity contribution in [2.24, 2.45) is 0 Å². The van der Waals surface area contributed by atoms with Crippen LogP contribution in [0.3, 0.4) is 0 Å². The maximum Gasteiger partial charge on any atom is 0.324 e. The van der Waals surface area contributed by atoms with Gasteiger partial charge in [-0.15, -0.1) is 0 Å². The molecule has 0 aliphatic carbocycles. The van der Waals surface area contributed by atoms with E-state index in [1.165, 1.54) is 0 Å². The molecule has 0 saturated carbocycles. The molecule has 2 N–H and O–H groups in total. The lowest BCUT2D eigenvalue weighted by Crippen LogP contribution is -2.19. The van der Waals surface area contributed by atoms with Crippen LogP contribution < -0.4 is 15.4 Å². The summed E-state index contributed by atoms with van der Waals surface area (Å²) in [6.45, 7) is 8.56. The van der Waals surface area contributed by atoms with Gasteiger partial charge in [-0.05, 0) is 31.2 Å². The van der Waals surface area contributed by atoms with Crippen LogP contribution in [0.5, 0.6) is 5.75 Å². The Kier molecular flexibility index (Phi) is 4.70. The number of carbonyl (C=O) groups excluding carboxylic acids is 1. The number of urea groups is 1. The summed E-state index contributed by atoms with van der Waals surface area (Å²) < 4.78 is 10.6. The standard InChI is InChI=1S/C16H21N3O3.2H2/c1-5-21-12-8-6-11(7-9-12)17-15(20)18-14-10-13(22-19-14)16(2,3)4;;/h6-10H,5H2,1-4H3,(H2,17,18,19,20);2*1H. The maximum atomic E-state index is 11.9. The van der Waals surface area contributed by atoms with Crippen molar-refractivity contribution in [1.29, 1.82) is 0 Å². The van der Waals surface area contributed by atoms with Crippen molar-refractivity contribution in [2.75, 3.05) is 17.2 Å². The molecule has 2 aromatic rings. The molecule has 2 amide bonds. The fraction of sp³-hybridized carbons (Fsp3) is 0.375. The highest BCUT2D eigenvalue weighted by Crippen LogP contribution is 2.24. The van der Waals surface area contributed by atoms with Crippen LogP contribution in [0.2, 0.25) is 0 Å². The topological polar surface area (TPSA) is 76.4 Å². The van der Waals surface area contributed by atoms with Crippen LogP contribution in [0.25, 0.3) is 0 Å². The molecule has 0 spiro atoms. The van der Waals surface area contributed by atoms with E-state index >= 15 is 0 Å². The SMILES string of the molecule is CCOc1ccc(NC(=O)Nc2cc(C(C)(C)C)on2)cc1.[HH].[HH]. The molecule has 2 rings (SSSR count). The minimum absolute atomic E-state index is 0. The molecule has 6 nitrogen and oxygen atoms in total. The minimum Gasteiger partial charge on any atom is -0.494 e. The Labute approximate surface area is 132 Å². The monoisotopic (exact) mass is 307 g/mol. The molecule has 0 aliphatic rings. The molecule has 0 bridgehead atoms. The lowest BCUT2D eigenvalue weighted by Gasteiger charge is -2.12. The minimum atomic E-state index is -0.377. The van der Waals surface area contributed by atoms with Crippen molar-refractivity contribution in [1.82, 2.24) is 5.16 Å². The second-order valence-corrected chi connectivity index (χ2v) is 5.86. The van der Waals surface area contributed by atoms with Crippen LogP contribution >= 0.6 is 0 Å². The average molecular weight is 307 g/mol. The van der Waals surface area contributed by atoms with E-state index in [1.807, 2.05) is 27.7 Å². The van der Waals surface area contributed by atoms with Gasteiger partial charge in [-0.25, -0.2) is 4.79 Å². The first-order valence-corrected chi connectivity index (χ1v) is 7.16. The van der Waals surface area contributed by atoms with Crippen molar-refractivity contribution in [3.63, 3.8) is 0 Å². The Morgan fingerprint density at radius 3 is 2.50 bits per heavy atom. The van der Waals surface area contributed by atoms with Crippen molar-refractivity contribution < 1.29 is 16.9 Å². The molecule has 1 aromatic carbocycles. The van der Waals surface area contributed by atoms with E-state index in [9.17, 15) is 4.79 Å². The Hall–Kier alpha value is -2.50. The third-order valence-corrected chi connectivity index (χ3v) is 2.91. The van der Waals surface area contributed by atoms with Crippen molar-refractivity contribution in [2.45, 2.75) is 33.1 Å². The van der Waals surface area contributed by atoms with Crippen LogP contribution in [-0.4, -0.2) is 17.8 Å². The summed E-state index contributed by atoms with van der Waals surface area (Å²) in [6.07, 6.45) is 0. The maximum absolute atomic E-state index is 11.9. The van der Waals surface area contributed by atoms with Crippen LogP contribution in [0.15, 0.2) is 34.9 Å². The lowest BCUT2D eigenvalue weighted by atomic mass is 9.93. The molecule has 0 unspecified atom stereocenters. The molecule has 0 aliphatic heterocycles. The zero-order chi connectivity index (χ0) is 16.2. The number of carbonyl (C=O) groups is 1. The van der Waals surface area contributed by atoms with Gasteiger partial charge in [0.2, 0.25) is 0 Å². The fourth-order valence-electron chi connectivity index (χ4n) is 1.77. The molecule has 1 aromatic heterocycles. The summed E-state index contributed by atoms with van der Waals surface area (Å²) in [6, 6.07) is 8.48. The van der Waals surface area contributed by atoms with Gasteiger partial charge in [-0.1, -0.05) is 25.9 Å². The van der Waals surface area contributed by atoms with Gasteiger partial charge in [0.15, 0.2) is 5.82 Å². The summed E-state index contributed by atoms with van der Waals surface area (Å²) >= 11 is 0. The first-order chi connectivity index (χ1) is 10.4. The predicted molar refractivity (Wildman–Crippen MR) is 89.7 cm³/mol. The Bertz CT molecular complexity index is 637. The van der Waals surface area contributed by atoms with Crippen LogP contribution in [0, 0.1) is 0 Å². The molecule has 0 fully saturated rings. The van der Waals surface area contributed by atoms with E-state index in [1.54, 1.807) is 30.3 Å². The Balaban J connectivity index is 0.00000264.